The third kappa shape index (κ3) is 11.5. The summed E-state index contributed by atoms with van der Waals surface area (Å²) >= 11 is 0. The van der Waals surface area contributed by atoms with Crippen molar-refractivity contribution in [3.8, 4) is 11.8 Å². The number of likely N-dealkylation sites (N-methyl/N-ethyl adjacent to an activating group) is 1. The number of aldehydes is 1. The van der Waals surface area contributed by atoms with Crippen LogP contribution in [0.25, 0.3) is 0 Å². The molecular formula is C45H52F4N8O6. The summed E-state index contributed by atoms with van der Waals surface area (Å²) in [6.45, 7) is 6.29. The Kier molecular flexibility index (Phi) is 15.4. The smallest absolute Gasteiger partial charge is 0.417 e. The molecule has 0 spiro atoms. The van der Waals surface area contributed by atoms with E-state index in [1.807, 2.05) is 11.8 Å². The Balaban J connectivity index is 0.928. The van der Waals surface area contributed by atoms with Gasteiger partial charge in [-0.3, -0.25) is 29.3 Å². The number of benzene rings is 2. The molecule has 3 aliphatic heterocycles. The van der Waals surface area contributed by atoms with Crippen LogP contribution in [0.15, 0.2) is 48.7 Å². The van der Waals surface area contributed by atoms with E-state index < -0.39 is 41.0 Å². The van der Waals surface area contributed by atoms with Gasteiger partial charge in [-0.25, -0.2) is 9.37 Å². The van der Waals surface area contributed by atoms with Crippen molar-refractivity contribution in [3.05, 3.63) is 76.7 Å². The van der Waals surface area contributed by atoms with Crippen LogP contribution >= 0.6 is 0 Å². The summed E-state index contributed by atoms with van der Waals surface area (Å²) < 4.78 is 62.0. The van der Waals surface area contributed by atoms with Crippen LogP contribution < -0.4 is 25.2 Å². The van der Waals surface area contributed by atoms with E-state index in [4.69, 9.17) is 10.00 Å². The zero-order valence-corrected chi connectivity index (χ0v) is 35.3. The Morgan fingerprint density at radius 3 is 2.27 bits per heavy atom. The van der Waals surface area contributed by atoms with Gasteiger partial charge in [0.05, 0.1) is 34.6 Å². The number of imide groups is 1. The van der Waals surface area contributed by atoms with Crippen LogP contribution in [0.2, 0.25) is 0 Å². The van der Waals surface area contributed by atoms with Crippen LogP contribution in [-0.2, 0) is 20.6 Å². The van der Waals surface area contributed by atoms with Crippen LogP contribution in [-0.4, -0.2) is 110 Å². The Labute approximate surface area is 363 Å². The summed E-state index contributed by atoms with van der Waals surface area (Å²) in [5.41, 5.74) is -0.953. The second-order valence-electron chi connectivity index (χ2n) is 16.4. The van der Waals surface area contributed by atoms with Crippen molar-refractivity contribution in [2.75, 3.05) is 68.0 Å². The molecule has 336 valence electrons. The summed E-state index contributed by atoms with van der Waals surface area (Å²) in [4.78, 5) is 73.6. The highest BCUT2D eigenvalue weighted by atomic mass is 19.4. The number of ether oxygens (including phenoxy) is 1. The van der Waals surface area contributed by atoms with Crippen LogP contribution in [0.3, 0.4) is 0 Å². The number of alkyl halides is 3. The van der Waals surface area contributed by atoms with Gasteiger partial charge in [-0.05, 0) is 93.3 Å². The number of nitrogens with zero attached hydrogens (tertiary/aromatic N) is 6. The average molecular weight is 877 g/mol. The topological polar surface area (TPSA) is 168 Å². The molecule has 4 heterocycles. The first kappa shape index (κ1) is 46.4. The molecule has 0 saturated carbocycles. The number of carbonyl (C=O) groups excluding carboxylic acids is 5. The number of piperidine rings is 3. The molecule has 6 rings (SSSR count). The van der Waals surface area contributed by atoms with E-state index in [1.165, 1.54) is 30.1 Å². The molecule has 2 N–H and O–H groups in total. The van der Waals surface area contributed by atoms with Crippen molar-refractivity contribution in [1.29, 1.82) is 5.26 Å². The highest BCUT2D eigenvalue weighted by Crippen LogP contribution is 2.36. The van der Waals surface area contributed by atoms with E-state index in [-0.39, 0.29) is 41.2 Å². The summed E-state index contributed by atoms with van der Waals surface area (Å²) in [5.74, 6) is -1.08. The molecule has 4 amide bonds. The zero-order valence-electron chi connectivity index (χ0n) is 35.3. The molecule has 1 unspecified atom stereocenters. The lowest BCUT2D eigenvalue weighted by atomic mass is 9.94. The Bertz CT molecular complexity index is 2160. The fourth-order valence-corrected chi connectivity index (χ4v) is 8.70. The van der Waals surface area contributed by atoms with Gasteiger partial charge in [-0.15, -0.1) is 0 Å². The van der Waals surface area contributed by atoms with E-state index in [0.717, 1.165) is 57.5 Å². The molecule has 2 aromatic carbocycles. The Morgan fingerprint density at radius 2 is 1.67 bits per heavy atom. The molecule has 18 heteroatoms. The number of anilines is 3. The summed E-state index contributed by atoms with van der Waals surface area (Å²) in [5, 5.41) is 14.0. The van der Waals surface area contributed by atoms with Gasteiger partial charge in [-0.1, -0.05) is 13.3 Å². The SMILES string of the molecule is CCCC(C(=O)NC=O)N(C)C(=O)c1cc(N2CCC(CN3CCC(Oc4ccc(NC(=O)C5CCN(c6ccc(C#N)c(C(F)(F)F)c6)CC5)nc4)CC3)CC2)c(F)cc1C=O. The number of aromatic nitrogens is 1. The molecule has 3 fully saturated rings. The van der Waals surface area contributed by atoms with Gasteiger partial charge in [0, 0.05) is 70.0 Å². The Hall–Kier alpha value is -6.09. The molecule has 3 aliphatic rings. The quantitative estimate of drug-likeness (QED) is 0.135. The third-order valence-corrected chi connectivity index (χ3v) is 12.3. The van der Waals surface area contributed by atoms with Crippen molar-refractivity contribution >= 4 is 47.6 Å². The highest BCUT2D eigenvalue weighted by molar-refractivity contribution is 6.04. The first-order chi connectivity index (χ1) is 30.2. The number of carbonyl (C=O) groups is 5. The molecule has 1 aromatic heterocycles. The number of pyridine rings is 1. The number of rotatable bonds is 15. The maximum atomic E-state index is 15.4. The van der Waals surface area contributed by atoms with Gasteiger partial charge in [0.1, 0.15) is 29.5 Å². The summed E-state index contributed by atoms with van der Waals surface area (Å²) in [6.07, 6.45) is 2.57. The van der Waals surface area contributed by atoms with Gasteiger partial charge < -0.3 is 29.7 Å². The number of halogens is 4. The lowest BCUT2D eigenvalue weighted by molar-refractivity contribution is -0.137. The largest absolute Gasteiger partial charge is 0.489 e. The number of nitriles is 1. The van der Waals surface area contributed by atoms with Gasteiger partial charge >= 0.3 is 6.18 Å². The van der Waals surface area contributed by atoms with Crippen molar-refractivity contribution < 1.29 is 46.3 Å². The van der Waals surface area contributed by atoms with Gasteiger partial charge in [-0.2, -0.15) is 18.4 Å². The van der Waals surface area contributed by atoms with Crippen LogP contribution in [0, 0.1) is 29.0 Å². The second kappa shape index (κ2) is 20.9. The number of nitrogens with one attached hydrogen (secondary N) is 2. The first-order valence-electron chi connectivity index (χ1n) is 21.3. The third-order valence-electron chi connectivity index (χ3n) is 12.3. The number of likely N-dealkylation sites (tertiary alicyclic amines) is 1. The van der Waals surface area contributed by atoms with E-state index in [0.29, 0.717) is 81.3 Å². The molecule has 1 atom stereocenters. The first-order valence-corrected chi connectivity index (χ1v) is 21.3. The fourth-order valence-electron chi connectivity index (χ4n) is 8.70. The van der Waals surface area contributed by atoms with E-state index in [2.05, 4.69) is 20.5 Å². The van der Waals surface area contributed by atoms with Crippen LogP contribution in [0.1, 0.15) is 90.1 Å². The molecule has 3 saturated heterocycles. The van der Waals surface area contributed by atoms with E-state index >= 15 is 4.39 Å². The average Bonchev–Trinajstić information content (AvgIpc) is 3.28. The number of hydrogen-bond donors (Lipinski definition) is 2. The fraction of sp³-hybridized carbons (Fsp3) is 0.489. The monoisotopic (exact) mass is 876 g/mol. The van der Waals surface area contributed by atoms with Gasteiger partial charge in [0.2, 0.25) is 18.2 Å². The van der Waals surface area contributed by atoms with Crippen LogP contribution in [0.4, 0.5) is 34.8 Å². The van der Waals surface area contributed by atoms with Crippen LogP contribution in [0.5, 0.6) is 5.75 Å². The highest BCUT2D eigenvalue weighted by Gasteiger charge is 2.35. The summed E-state index contributed by atoms with van der Waals surface area (Å²) in [7, 11) is 1.42. The minimum absolute atomic E-state index is 0.0104. The lowest BCUT2D eigenvalue weighted by Gasteiger charge is -2.38. The standard InChI is InChI=1S/C45H52F4N8O6/c1-3-4-39(43(61)52-28-59)54(2)44(62)36-23-40(38(46)21-32(36)27-58)57-17-9-29(10-18-57)26-55-15-13-34(14-16-55)63-35-7-8-41(51-25-35)53-42(60)30-11-19-56(20-12-30)33-6-5-31(24-50)37(22-33)45(47,48)49/h5-8,21-23,25,27-30,34,39H,3-4,9-20,26H2,1-2H3,(H,51,53,60)(H,52,59,61). The molecule has 3 aromatic rings. The second-order valence-corrected chi connectivity index (χ2v) is 16.4. The molecular weight excluding hydrogens is 825 g/mol. The maximum Gasteiger partial charge on any atom is 0.417 e. The lowest BCUT2D eigenvalue weighted by Crippen LogP contribution is -2.47. The van der Waals surface area contributed by atoms with E-state index in [9.17, 15) is 37.1 Å². The minimum Gasteiger partial charge on any atom is -0.489 e. The van der Waals surface area contributed by atoms with Crippen molar-refractivity contribution in [3.63, 3.8) is 0 Å². The molecule has 14 nitrogen and oxygen atoms in total. The molecule has 63 heavy (non-hydrogen) atoms. The van der Waals surface area contributed by atoms with Crippen molar-refractivity contribution in [1.82, 2.24) is 20.1 Å². The van der Waals surface area contributed by atoms with Crippen molar-refractivity contribution in [2.45, 2.75) is 76.6 Å². The molecule has 0 bridgehead atoms. The normalized spacial score (nSPS) is 17.3. The maximum absolute atomic E-state index is 15.4. The predicted molar refractivity (Wildman–Crippen MR) is 226 cm³/mol. The minimum atomic E-state index is -4.64. The number of amides is 4. The van der Waals surface area contributed by atoms with Crippen molar-refractivity contribution in [2.24, 2.45) is 11.8 Å². The van der Waals surface area contributed by atoms with Gasteiger partial charge in [0.15, 0.2) is 6.29 Å². The Morgan fingerprint density at radius 1 is 0.968 bits per heavy atom. The van der Waals surface area contributed by atoms with Gasteiger partial charge in [0.25, 0.3) is 5.91 Å². The number of hydrogen-bond acceptors (Lipinski definition) is 11. The predicted octanol–water partition coefficient (Wildman–Crippen LogP) is 6.05. The molecule has 0 aliphatic carbocycles. The van der Waals surface area contributed by atoms with E-state index in [1.54, 1.807) is 29.3 Å². The summed E-state index contributed by atoms with van der Waals surface area (Å²) in [6, 6.07) is 10.2. The molecule has 0 radical (unpaired) electrons. The zero-order chi connectivity index (χ0) is 45.3.